The fraction of sp³-hybridized carbons (Fsp3) is 0.458. The number of methoxy groups -OCH3 is 1. The molecule has 1 heterocycles. The predicted octanol–water partition coefficient (Wildman–Crippen LogP) is 4.15. The lowest BCUT2D eigenvalue weighted by atomic mass is 9.92. The molecule has 2 aromatic rings. The molecule has 0 amide bonds. The van der Waals surface area contributed by atoms with Crippen LogP contribution in [0.5, 0.6) is 0 Å². The van der Waals surface area contributed by atoms with Crippen molar-refractivity contribution in [3.63, 3.8) is 0 Å². The van der Waals surface area contributed by atoms with Gasteiger partial charge in [-0.25, -0.2) is 17.7 Å². The molecule has 0 aliphatic carbocycles. The first-order valence-corrected chi connectivity index (χ1v) is 12.1. The van der Waals surface area contributed by atoms with Gasteiger partial charge in [-0.2, -0.15) is 0 Å². The van der Waals surface area contributed by atoms with Gasteiger partial charge in [0.05, 0.1) is 11.5 Å². The number of rotatable bonds is 10. The number of hydrogen-bond donors (Lipinski definition) is 0. The van der Waals surface area contributed by atoms with Gasteiger partial charge in [-0.3, -0.25) is 0 Å². The van der Waals surface area contributed by atoms with Crippen molar-refractivity contribution in [1.29, 1.82) is 0 Å². The molecular weight excluding hydrogens is 412 g/mol. The van der Waals surface area contributed by atoms with Gasteiger partial charge in [-0.05, 0) is 30.0 Å². The summed E-state index contributed by atoms with van der Waals surface area (Å²) in [5.74, 6) is 0.960. The van der Waals surface area contributed by atoms with Gasteiger partial charge >= 0.3 is 0 Å². The summed E-state index contributed by atoms with van der Waals surface area (Å²) in [6.07, 6.45) is 0.434. The number of aliphatic imine (C=N–C) groups is 1. The maximum absolute atomic E-state index is 12.9. The Morgan fingerprint density at radius 3 is 2.26 bits per heavy atom. The number of benzene rings is 2. The van der Waals surface area contributed by atoms with E-state index in [-0.39, 0.29) is 24.0 Å². The molecule has 3 atom stereocenters. The van der Waals surface area contributed by atoms with Gasteiger partial charge in [0, 0.05) is 26.6 Å². The fourth-order valence-corrected chi connectivity index (χ4v) is 5.04. The van der Waals surface area contributed by atoms with Gasteiger partial charge in [-0.15, -0.1) is 0 Å². The summed E-state index contributed by atoms with van der Waals surface area (Å²) in [7, 11) is -0.236. The van der Waals surface area contributed by atoms with E-state index in [0.717, 1.165) is 5.56 Å². The Bertz CT molecular complexity index is 962. The highest BCUT2D eigenvalue weighted by molar-refractivity contribution is 7.89. The zero-order valence-corrected chi connectivity index (χ0v) is 19.5. The third-order valence-corrected chi connectivity index (χ3v) is 7.56. The minimum Gasteiger partial charge on any atom is -0.470 e. The number of hydrogen-bond acceptors (Lipinski definition) is 5. The molecule has 168 valence electrons. The monoisotopic (exact) mass is 444 g/mol. The molecule has 3 rings (SSSR count). The maximum Gasteiger partial charge on any atom is 0.242 e. The van der Waals surface area contributed by atoms with E-state index in [4.69, 9.17) is 14.5 Å². The highest BCUT2D eigenvalue weighted by Crippen LogP contribution is 2.34. The van der Waals surface area contributed by atoms with Gasteiger partial charge in [0.25, 0.3) is 0 Å². The fourth-order valence-electron chi connectivity index (χ4n) is 3.84. The average Bonchev–Trinajstić information content (AvgIpc) is 3.18. The Hall–Kier alpha value is -2.22. The highest BCUT2D eigenvalue weighted by Gasteiger charge is 2.36. The van der Waals surface area contributed by atoms with Crippen molar-refractivity contribution in [3.8, 4) is 0 Å². The summed E-state index contributed by atoms with van der Waals surface area (Å²) in [4.78, 5) is 5.16. The predicted molar refractivity (Wildman–Crippen MR) is 123 cm³/mol. The van der Waals surface area contributed by atoms with Crippen LogP contribution in [0.25, 0.3) is 0 Å². The van der Waals surface area contributed by atoms with Crippen molar-refractivity contribution >= 4 is 15.9 Å². The van der Waals surface area contributed by atoms with Crippen LogP contribution in [-0.4, -0.2) is 52.0 Å². The molecule has 0 radical (unpaired) electrons. The Morgan fingerprint density at radius 2 is 1.68 bits per heavy atom. The molecule has 0 unspecified atom stereocenters. The SMILES string of the molecule is COC[C@@H]1N=C([C@H](CCN(C)S(=O)(=O)c2ccccc2)C(C)C)O[C@H]1c1ccccc1. The Morgan fingerprint density at radius 1 is 1.06 bits per heavy atom. The van der Waals surface area contributed by atoms with Crippen LogP contribution in [0.4, 0.5) is 0 Å². The van der Waals surface area contributed by atoms with E-state index in [1.54, 1.807) is 38.4 Å². The molecule has 0 spiro atoms. The molecule has 0 fully saturated rings. The molecule has 6 nitrogen and oxygen atoms in total. The van der Waals surface area contributed by atoms with E-state index >= 15 is 0 Å². The molecule has 0 bridgehead atoms. The summed E-state index contributed by atoms with van der Waals surface area (Å²) in [5, 5.41) is 0. The third-order valence-electron chi connectivity index (χ3n) is 5.68. The molecule has 0 N–H and O–H groups in total. The second kappa shape index (κ2) is 10.4. The molecule has 0 saturated carbocycles. The van der Waals surface area contributed by atoms with E-state index in [1.165, 1.54) is 4.31 Å². The van der Waals surface area contributed by atoms with E-state index in [0.29, 0.717) is 30.4 Å². The van der Waals surface area contributed by atoms with Crippen LogP contribution in [0.2, 0.25) is 0 Å². The first kappa shape index (κ1) is 23.4. The highest BCUT2D eigenvalue weighted by atomic mass is 32.2. The molecule has 0 saturated heterocycles. The minimum absolute atomic E-state index is 0.0153. The van der Waals surface area contributed by atoms with Crippen LogP contribution < -0.4 is 0 Å². The van der Waals surface area contributed by atoms with Crippen molar-refractivity contribution in [3.05, 3.63) is 66.2 Å². The first-order valence-electron chi connectivity index (χ1n) is 10.6. The topological polar surface area (TPSA) is 68.2 Å². The van der Waals surface area contributed by atoms with Crippen LogP contribution >= 0.6 is 0 Å². The zero-order chi connectivity index (χ0) is 22.4. The molecule has 2 aromatic carbocycles. The molecular formula is C24H32N2O4S. The molecule has 1 aliphatic heterocycles. The Labute approximate surface area is 186 Å². The molecule has 31 heavy (non-hydrogen) atoms. The minimum atomic E-state index is -3.52. The van der Waals surface area contributed by atoms with Crippen LogP contribution in [0.1, 0.15) is 31.9 Å². The largest absolute Gasteiger partial charge is 0.470 e. The summed E-state index contributed by atoms with van der Waals surface area (Å²) < 4.78 is 38.9. The van der Waals surface area contributed by atoms with Crippen LogP contribution in [0.15, 0.2) is 70.6 Å². The summed E-state index contributed by atoms with van der Waals surface area (Å²) in [5.41, 5.74) is 1.06. The smallest absolute Gasteiger partial charge is 0.242 e. The maximum atomic E-state index is 12.9. The van der Waals surface area contributed by atoms with Crippen molar-refractivity contribution in [1.82, 2.24) is 4.31 Å². The normalized spacial score (nSPS) is 20.0. The second-order valence-electron chi connectivity index (χ2n) is 8.22. The van der Waals surface area contributed by atoms with Gasteiger partial charge in [0.1, 0.15) is 12.1 Å². The van der Waals surface area contributed by atoms with E-state index in [1.807, 2.05) is 36.4 Å². The van der Waals surface area contributed by atoms with Crippen molar-refractivity contribution in [2.24, 2.45) is 16.8 Å². The van der Waals surface area contributed by atoms with E-state index < -0.39 is 10.0 Å². The van der Waals surface area contributed by atoms with Crippen LogP contribution in [0.3, 0.4) is 0 Å². The first-order chi connectivity index (χ1) is 14.8. The lowest BCUT2D eigenvalue weighted by Gasteiger charge is -2.25. The van der Waals surface area contributed by atoms with Crippen molar-refractivity contribution in [2.45, 2.75) is 37.3 Å². The van der Waals surface area contributed by atoms with E-state index in [2.05, 4.69) is 13.8 Å². The average molecular weight is 445 g/mol. The third kappa shape index (κ3) is 5.53. The van der Waals surface area contributed by atoms with Gasteiger partial charge in [-0.1, -0.05) is 62.4 Å². The van der Waals surface area contributed by atoms with Gasteiger partial charge in [0.15, 0.2) is 5.90 Å². The van der Waals surface area contributed by atoms with Crippen molar-refractivity contribution in [2.75, 3.05) is 27.3 Å². The summed E-state index contributed by atoms with van der Waals surface area (Å²) >= 11 is 0. The summed E-state index contributed by atoms with van der Waals surface area (Å²) in [6, 6.07) is 18.4. The Balaban J connectivity index is 1.74. The number of sulfonamides is 1. The standard InChI is InChI=1S/C24H32N2O4S/c1-18(2)21(15-16-26(3)31(27,28)20-13-9-6-10-14-20)24-25-22(17-29-4)23(30-24)19-11-7-5-8-12-19/h5-14,18,21-23H,15-17H2,1-4H3/t21-,22+,23+/m1/s1. The summed E-state index contributed by atoms with van der Waals surface area (Å²) in [6.45, 7) is 5.08. The van der Waals surface area contributed by atoms with Crippen molar-refractivity contribution < 1.29 is 17.9 Å². The van der Waals surface area contributed by atoms with Crippen LogP contribution in [0, 0.1) is 11.8 Å². The lowest BCUT2D eigenvalue weighted by molar-refractivity contribution is 0.115. The Kier molecular flexibility index (Phi) is 7.86. The van der Waals surface area contributed by atoms with E-state index in [9.17, 15) is 8.42 Å². The second-order valence-corrected chi connectivity index (χ2v) is 10.3. The lowest BCUT2D eigenvalue weighted by Crippen LogP contribution is -2.32. The van der Waals surface area contributed by atoms with Gasteiger partial charge < -0.3 is 9.47 Å². The van der Waals surface area contributed by atoms with Crippen LogP contribution in [-0.2, 0) is 19.5 Å². The number of nitrogens with zero attached hydrogens (tertiary/aromatic N) is 2. The molecule has 0 aromatic heterocycles. The molecule has 7 heteroatoms. The quantitative estimate of drug-likeness (QED) is 0.552. The molecule has 1 aliphatic rings. The number of ether oxygens (including phenoxy) is 2. The zero-order valence-electron chi connectivity index (χ0n) is 18.6. The van der Waals surface area contributed by atoms with Gasteiger partial charge in [0.2, 0.25) is 10.0 Å².